The summed E-state index contributed by atoms with van der Waals surface area (Å²) in [4.78, 5) is 17.5. The zero-order chi connectivity index (χ0) is 19.7. The Balaban J connectivity index is 1.50. The highest BCUT2D eigenvalue weighted by atomic mass is 32.2. The molecule has 0 aromatic heterocycles. The molecule has 154 valence electrons. The summed E-state index contributed by atoms with van der Waals surface area (Å²) in [6.45, 7) is 0.367. The molecule has 4 rings (SSSR count). The van der Waals surface area contributed by atoms with Gasteiger partial charge in [0.05, 0.1) is 18.1 Å². The summed E-state index contributed by atoms with van der Waals surface area (Å²) < 4.78 is 24.1. The predicted octanol–water partition coefficient (Wildman–Crippen LogP) is 2.95. The summed E-state index contributed by atoms with van der Waals surface area (Å²) in [6.07, 6.45) is 8.23. The van der Waals surface area contributed by atoms with Crippen LogP contribution in [-0.2, 0) is 21.1 Å². The molecular formula is C22H32N2O3S. The number of likely N-dealkylation sites (N-methyl/N-ethyl adjacent to an activating group) is 1. The van der Waals surface area contributed by atoms with Gasteiger partial charge in [-0.3, -0.25) is 9.69 Å². The normalized spacial score (nSPS) is 27.1. The fourth-order valence-electron chi connectivity index (χ4n) is 5.47. The molecule has 5 nitrogen and oxygen atoms in total. The van der Waals surface area contributed by atoms with E-state index in [4.69, 9.17) is 0 Å². The Bertz CT molecular complexity index is 817. The molecule has 2 aliphatic carbocycles. The minimum absolute atomic E-state index is 0.111. The molecule has 2 unspecified atom stereocenters. The van der Waals surface area contributed by atoms with Crippen molar-refractivity contribution in [2.45, 2.75) is 69.5 Å². The van der Waals surface area contributed by atoms with Crippen LogP contribution in [0.5, 0.6) is 0 Å². The molecule has 2 fully saturated rings. The Morgan fingerprint density at radius 3 is 2.50 bits per heavy atom. The Hall–Kier alpha value is -1.40. The van der Waals surface area contributed by atoms with Gasteiger partial charge in [-0.1, -0.05) is 37.1 Å². The first-order valence-electron chi connectivity index (χ1n) is 10.7. The van der Waals surface area contributed by atoms with E-state index < -0.39 is 9.84 Å². The molecule has 1 aromatic rings. The Kier molecular flexibility index (Phi) is 5.79. The molecule has 0 bridgehead atoms. The summed E-state index contributed by atoms with van der Waals surface area (Å²) in [7, 11) is -0.955. The summed E-state index contributed by atoms with van der Waals surface area (Å²) in [5.74, 6) is 0.477. The van der Waals surface area contributed by atoms with Crippen LogP contribution in [-0.4, -0.2) is 61.3 Å². The van der Waals surface area contributed by atoms with Gasteiger partial charge < -0.3 is 4.90 Å². The number of hydrogen-bond acceptors (Lipinski definition) is 4. The molecule has 0 N–H and O–H groups in total. The number of carbonyl (C=O) groups is 1. The fourth-order valence-corrected chi connectivity index (χ4v) is 7.19. The van der Waals surface area contributed by atoms with Gasteiger partial charge in [-0.25, -0.2) is 8.42 Å². The van der Waals surface area contributed by atoms with Crippen LogP contribution in [0, 0.1) is 0 Å². The van der Waals surface area contributed by atoms with Crippen LogP contribution < -0.4 is 0 Å². The van der Waals surface area contributed by atoms with E-state index in [1.807, 2.05) is 11.9 Å². The summed E-state index contributed by atoms with van der Waals surface area (Å²) >= 11 is 0. The number of nitrogens with zero attached hydrogens (tertiary/aromatic N) is 2. The van der Waals surface area contributed by atoms with E-state index in [1.165, 1.54) is 11.1 Å². The van der Waals surface area contributed by atoms with Crippen molar-refractivity contribution >= 4 is 15.7 Å². The maximum Gasteiger partial charge on any atom is 0.237 e. The molecule has 1 saturated carbocycles. The van der Waals surface area contributed by atoms with Crippen molar-refractivity contribution in [2.24, 2.45) is 0 Å². The molecular weight excluding hydrogens is 372 g/mol. The predicted molar refractivity (Wildman–Crippen MR) is 111 cm³/mol. The Morgan fingerprint density at radius 1 is 1.04 bits per heavy atom. The highest BCUT2D eigenvalue weighted by molar-refractivity contribution is 7.91. The van der Waals surface area contributed by atoms with Crippen molar-refractivity contribution in [3.05, 3.63) is 35.4 Å². The third-order valence-corrected chi connectivity index (χ3v) is 8.61. The fraction of sp³-hybridized carbons (Fsp3) is 0.682. The Morgan fingerprint density at radius 2 is 1.79 bits per heavy atom. The first-order chi connectivity index (χ1) is 13.4. The lowest BCUT2D eigenvalue weighted by Gasteiger charge is -2.38. The minimum atomic E-state index is -3.00. The highest BCUT2D eigenvalue weighted by Gasteiger charge is 2.39. The monoisotopic (exact) mass is 404 g/mol. The van der Waals surface area contributed by atoms with E-state index in [-0.39, 0.29) is 35.5 Å². The second-order valence-electron chi connectivity index (χ2n) is 8.82. The molecule has 0 radical (unpaired) electrons. The average molecular weight is 405 g/mol. The van der Waals surface area contributed by atoms with E-state index >= 15 is 0 Å². The molecule has 2 atom stereocenters. The number of aryl methyl sites for hydroxylation is 1. The van der Waals surface area contributed by atoms with Crippen LogP contribution in [0.15, 0.2) is 24.3 Å². The smallest absolute Gasteiger partial charge is 0.237 e. The van der Waals surface area contributed by atoms with Crippen LogP contribution in [0.2, 0.25) is 0 Å². The molecule has 1 amide bonds. The van der Waals surface area contributed by atoms with Crippen LogP contribution in [0.3, 0.4) is 0 Å². The summed E-state index contributed by atoms with van der Waals surface area (Å²) in [6, 6.07) is 8.93. The van der Waals surface area contributed by atoms with Crippen molar-refractivity contribution in [2.75, 3.05) is 25.1 Å². The SMILES string of the molecule is CN(CC(=O)N(C1CCCC1)C1CCS(=O)(=O)C1)C1CCCc2ccccc21. The van der Waals surface area contributed by atoms with Crippen molar-refractivity contribution < 1.29 is 13.2 Å². The van der Waals surface area contributed by atoms with Gasteiger partial charge in [0.15, 0.2) is 9.84 Å². The molecule has 3 aliphatic rings. The zero-order valence-corrected chi connectivity index (χ0v) is 17.7. The van der Waals surface area contributed by atoms with E-state index in [2.05, 4.69) is 29.2 Å². The topological polar surface area (TPSA) is 57.7 Å². The largest absolute Gasteiger partial charge is 0.335 e. The number of sulfone groups is 1. The van der Waals surface area contributed by atoms with Crippen molar-refractivity contribution in [1.82, 2.24) is 9.80 Å². The lowest BCUT2D eigenvalue weighted by atomic mass is 9.87. The van der Waals surface area contributed by atoms with Gasteiger partial charge in [-0.05, 0) is 56.7 Å². The molecule has 1 aromatic carbocycles. The molecule has 28 heavy (non-hydrogen) atoms. The molecule has 1 saturated heterocycles. The van der Waals surface area contributed by atoms with Crippen molar-refractivity contribution in [1.29, 1.82) is 0 Å². The van der Waals surface area contributed by atoms with E-state index in [1.54, 1.807) is 0 Å². The third kappa shape index (κ3) is 4.13. The number of benzene rings is 1. The van der Waals surface area contributed by atoms with Crippen molar-refractivity contribution in [3.63, 3.8) is 0 Å². The summed E-state index contributed by atoms with van der Waals surface area (Å²) in [5, 5.41) is 0. The third-order valence-electron chi connectivity index (χ3n) is 6.86. The van der Waals surface area contributed by atoms with Gasteiger partial charge >= 0.3 is 0 Å². The number of amides is 1. The van der Waals surface area contributed by atoms with Gasteiger partial charge in [-0.2, -0.15) is 0 Å². The lowest BCUT2D eigenvalue weighted by Crippen LogP contribution is -2.50. The Labute approximate surface area is 169 Å². The lowest BCUT2D eigenvalue weighted by molar-refractivity contribution is -0.137. The first kappa shape index (κ1) is 19.9. The maximum atomic E-state index is 13.4. The quantitative estimate of drug-likeness (QED) is 0.757. The molecule has 0 spiro atoms. The molecule has 6 heteroatoms. The van der Waals surface area contributed by atoms with E-state index in [0.29, 0.717) is 13.0 Å². The van der Waals surface area contributed by atoms with Crippen LogP contribution in [0.1, 0.15) is 62.1 Å². The minimum Gasteiger partial charge on any atom is -0.335 e. The average Bonchev–Trinajstić information content (AvgIpc) is 3.31. The van der Waals surface area contributed by atoms with Gasteiger partial charge in [-0.15, -0.1) is 0 Å². The second kappa shape index (κ2) is 8.15. The second-order valence-corrected chi connectivity index (χ2v) is 11.0. The number of rotatable bonds is 5. The van der Waals surface area contributed by atoms with Crippen LogP contribution in [0.25, 0.3) is 0 Å². The van der Waals surface area contributed by atoms with Gasteiger partial charge in [0.1, 0.15) is 0 Å². The highest BCUT2D eigenvalue weighted by Crippen LogP contribution is 2.34. The maximum absolute atomic E-state index is 13.4. The number of hydrogen-bond donors (Lipinski definition) is 0. The van der Waals surface area contributed by atoms with E-state index in [9.17, 15) is 13.2 Å². The van der Waals surface area contributed by atoms with Gasteiger partial charge in [0, 0.05) is 18.1 Å². The summed E-state index contributed by atoms with van der Waals surface area (Å²) in [5.41, 5.74) is 2.74. The van der Waals surface area contributed by atoms with E-state index in [0.717, 1.165) is 44.9 Å². The van der Waals surface area contributed by atoms with Crippen LogP contribution >= 0.6 is 0 Å². The van der Waals surface area contributed by atoms with Gasteiger partial charge in [0.2, 0.25) is 5.91 Å². The first-order valence-corrected chi connectivity index (χ1v) is 12.6. The molecule has 1 aliphatic heterocycles. The number of fused-ring (bicyclic) bond motifs is 1. The standard InChI is InChI=1S/C22H32N2O3S/c1-23(21-12-6-8-17-7-2-5-11-20(17)21)15-22(25)24(18-9-3-4-10-18)19-13-14-28(26,27)16-19/h2,5,7,11,18-19,21H,3-4,6,8-10,12-16H2,1H3. The molecule has 1 heterocycles. The van der Waals surface area contributed by atoms with Crippen LogP contribution in [0.4, 0.5) is 0 Å². The zero-order valence-electron chi connectivity index (χ0n) is 16.8. The van der Waals surface area contributed by atoms with Crippen molar-refractivity contribution in [3.8, 4) is 0 Å². The van der Waals surface area contributed by atoms with Gasteiger partial charge in [0.25, 0.3) is 0 Å². The number of carbonyl (C=O) groups excluding carboxylic acids is 1.